The monoisotopic (exact) mass is 272 g/mol. The minimum atomic E-state index is -1.76. The smallest absolute Gasteiger partial charge is 0.330 e. The molecule has 8 heteroatoms. The topological polar surface area (TPSA) is 125 Å². The van der Waals surface area contributed by atoms with Crippen molar-refractivity contribution in [2.24, 2.45) is 0 Å². The maximum Gasteiger partial charge on any atom is 0.330 e. The van der Waals surface area contributed by atoms with Crippen LogP contribution < -0.4 is 11.2 Å². The van der Waals surface area contributed by atoms with Crippen LogP contribution in [0.5, 0.6) is 0 Å². The lowest BCUT2D eigenvalue weighted by Gasteiger charge is -2.27. The van der Waals surface area contributed by atoms with Gasteiger partial charge in [-0.15, -0.1) is 0 Å². The minimum absolute atomic E-state index is 0.265. The molecular formula is C11H16N2O6. The average Bonchev–Trinajstić information content (AvgIpc) is 2.56. The Morgan fingerprint density at radius 2 is 2.16 bits per heavy atom. The third kappa shape index (κ3) is 2.12. The van der Waals surface area contributed by atoms with E-state index in [0.29, 0.717) is 0 Å². The Balaban J connectivity index is 2.51. The molecule has 2 heterocycles. The fourth-order valence-corrected chi connectivity index (χ4v) is 2.15. The zero-order chi connectivity index (χ0) is 14.4. The number of aliphatic hydroxyl groups is 3. The number of aryl methyl sites for hydroxylation is 1. The van der Waals surface area contributed by atoms with Crippen LogP contribution in [0.25, 0.3) is 0 Å². The average molecular weight is 272 g/mol. The van der Waals surface area contributed by atoms with Gasteiger partial charge in [0, 0.05) is 11.8 Å². The van der Waals surface area contributed by atoms with Crippen molar-refractivity contribution in [3.63, 3.8) is 0 Å². The van der Waals surface area contributed by atoms with Crippen molar-refractivity contribution in [1.82, 2.24) is 9.55 Å². The van der Waals surface area contributed by atoms with Crippen LogP contribution in [0.3, 0.4) is 0 Å². The highest BCUT2D eigenvalue weighted by Gasteiger charge is 2.53. The summed E-state index contributed by atoms with van der Waals surface area (Å²) in [4.78, 5) is 25.1. The maximum atomic E-state index is 11.7. The lowest BCUT2D eigenvalue weighted by atomic mass is 9.96. The maximum absolute atomic E-state index is 11.7. The molecule has 0 saturated carbocycles. The van der Waals surface area contributed by atoms with Gasteiger partial charge < -0.3 is 20.1 Å². The summed E-state index contributed by atoms with van der Waals surface area (Å²) in [7, 11) is 0. The van der Waals surface area contributed by atoms with Gasteiger partial charge in [0.25, 0.3) is 5.56 Å². The Labute approximate surface area is 107 Å². The highest BCUT2D eigenvalue weighted by Crippen LogP contribution is 2.37. The molecule has 1 aromatic rings. The first-order valence-corrected chi connectivity index (χ1v) is 5.78. The number of H-pyrrole nitrogens is 1. The summed E-state index contributed by atoms with van der Waals surface area (Å²) in [6.45, 7) is 2.30. The number of rotatable bonds is 2. The second kappa shape index (κ2) is 4.57. The first kappa shape index (κ1) is 13.9. The van der Waals surface area contributed by atoms with Crippen molar-refractivity contribution < 1.29 is 20.1 Å². The van der Waals surface area contributed by atoms with Crippen molar-refractivity contribution in [2.45, 2.75) is 37.9 Å². The van der Waals surface area contributed by atoms with Gasteiger partial charge in [0.05, 0.1) is 6.61 Å². The molecule has 0 amide bonds. The molecule has 1 unspecified atom stereocenters. The highest BCUT2D eigenvalue weighted by atomic mass is 16.6. The fourth-order valence-electron chi connectivity index (χ4n) is 2.15. The predicted molar refractivity (Wildman–Crippen MR) is 63.7 cm³/mol. The van der Waals surface area contributed by atoms with Gasteiger partial charge in [-0.3, -0.25) is 14.3 Å². The summed E-state index contributed by atoms with van der Waals surface area (Å²) in [5, 5.41) is 29.1. The van der Waals surface area contributed by atoms with Crippen molar-refractivity contribution >= 4 is 0 Å². The number of hydrogen-bond donors (Lipinski definition) is 4. The lowest BCUT2D eigenvalue weighted by molar-refractivity contribution is -0.0988. The van der Waals surface area contributed by atoms with E-state index >= 15 is 0 Å². The third-order valence-corrected chi connectivity index (χ3v) is 3.33. The molecule has 0 bridgehead atoms. The number of nitrogens with zero attached hydrogens (tertiary/aromatic N) is 1. The van der Waals surface area contributed by atoms with Gasteiger partial charge in [0.15, 0.2) is 6.23 Å². The quantitative estimate of drug-likeness (QED) is 0.486. The lowest BCUT2D eigenvalue weighted by Crippen LogP contribution is -2.47. The van der Waals surface area contributed by atoms with Crippen LogP contribution in [0.4, 0.5) is 0 Å². The van der Waals surface area contributed by atoms with Crippen LogP contribution in [0.1, 0.15) is 18.7 Å². The predicted octanol–water partition coefficient (Wildman–Crippen LogP) is -2.15. The van der Waals surface area contributed by atoms with Crippen molar-refractivity contribution in [1.29, 1.82) is 0 Å². The molecule has 1 aliphatic rings. The molecule has 0 spiro atoms. The molecule has 1 fully saturated rings. The molecule has 1 aromatic heterocycles. The van der Waals surface area contributed by atoms with Crippen molar-refractivity contribution in [3.8, 4) is 0 Å². The number of ether oxygens (including phenoxy) is 1. The SMILES string of the molecule is Cc1cn([C@@H]2O[C@H](CO)C(O)[C@]2(C)O)c(=O)[nH]c1=O. The van der Waals surface area contributed by atoms with E-state index in [1.807, 2.05) is 0 Å². The summed E-state index contributed by atoms with van der Waals surface area (Å²) >= 11 is 0. The summed E-state index contributed by atoms with van der Waals surface area (Å²) in [6, 6.07) is 0. The Morgan fingerprint density at radius 1 is 1.53 bits per heavy atom. The third-order valence-electron chi connectivity index (χ3n) is 3.33. The van der Waals surface area contributed by atoms with Gasteiger partial charge in [-0.2, -0.15) is 0 Å². The zero-order valence-corrected chi connectivity index (χ0v) is 10.5. The molecular weight excluding hydrogens is 256 g/mol. The number of hydrogen-bond acceptors (Lipinski definition) is 6. The minimum Gasteiger partial charge on any atom is -0.394 e. The van der Waals surface area contributed by atoms with Crippen LogP contribution >= 0.6 is 0 Å². The first-order valence-electron chi connectivity index (χ1n) is 5.78. The molecule has 2 rings (SSSR count). The fraction of sp³-hybridized carbons (Fsp3) is 0.636. The van der Waals surface area contributed by atoms with Crippen LogP contribution in [0.15, 0.2) is 15.8 Å². The standard InChI is InChI=1S/C11H16N2O6/c1-5-3-13(10(17)12-8(5)16)9-11(2,18)7(15)6(4-14)19-9/h3,6-7,9,14-15,18H,4H2,1-2H3,(H,12,16,17)/t6-,7?,9-,11+/m1/s1. The Morgan fingerprint density at radius 3 is 2.68 bits per heavy atom. The second-order valence-electron chi connectivity index (χ2n) is 4.86. The van der Waals surface area contributed by atoms with E-state index in [2.05, 4.69) is 4.98 Å². The summed E-state index contributed by atoms with van der Waals surface area (Å²) in [5.74, 6) is 0. The molecule has 4 atom stereocenters. The summed E-state index contributed by atoms with van der Waals surface area (Å²) in [6.07, 6.45) is -2.30. The Bertz CT molecular complexity index is 590. The van der Waals surface area contributed by atoms with E-state index in [1.165, 1.54) is 20.0 Å². The van der Waals surface area contributed by atoms with Gasteiger partial charge in [-0.25, -0.2) is 4.79 Å². The number of nitrogens with one attached hydrogen (secondary N) is 1. The molecule has 4 N–H and O–H groups in total. The largest absolute Gasteiger partial charge is 0.394 e. The van der Waals surface area contributed by atoms with E-state index in [0.717, 1.165) is 4.57 Å². The van der Waals surface area contributed by atoms with Crippen LogP contribution in [-0.4, -0.2) is 49.3 Å². The van der Waals surface area contributed by atoms with Gasteiger partial charge >= 0.3 is 5.69 Å². The van der Waals surface area contributed by atoms with Gasteiger partial charge in [-0.1, -0.05) is 0 Å². The number of aromatic nitrogens is 2. The van der Waals surface area contributed by atoms with Crippen LogP contribution in [0.2, 0.25) is 0 Å². The molecule has 0 radical (unpaired) electrons. The molecule has 1 aliphatic heterocycles. The Hall–Kier alpha value is -1.48. The normalized spacial score (nSPS) is 34.7. The number of aliphatic hydroxyl groups excluding tert-OH is 2. The molecule has 0 aliphatic carbocycles. The molecule has 0 aromatic carbocycles. The van der Waals surface area contributed by atoms with Crippen LogP contribution in [0, 0.1) is 6.92 Å². The Kier molecular flexibility index (Phi) is 3.35. The highest BCUT2D eigenvalue weighted by molar-refractivity contribution is 5.05. The van der Waals surface area contributed by atoms with Crippen LogP contribution in [-0.2, 0) is 4.74 Å². The second-order valence-corrected chi connectivity index (χ2v) is 4.86. The van der Waals surface area contributed by atoms with E-state index in [4.69, 9.17) is 9.84 Å². The summed E-state index contributed by atoms with van der Waals surface area (Å²) in [5.41, 5.74) is -2.78. The summed E-state index contributed by atoms with van der Waals surface area (Å²) < 4.78 is 6.29. The van der Waals surface area contributed by atoms with E-state index < -0.39 is 41.9 Å². The molecule has 19 heavy (non-hydrogen) atoms. The molecule has 106 valence electrons. The zero-order valence-electron chi connectivity index (χ0n) is 10.5. The van der Waals surface area contributed by atoms with Gasteiger partial charge in [0.1, 0.15) is 17.8 Å². The van der Waals surface area contributed by atoms with E-state index in [-0.39, 0.29) is 5.56 Å². The van der Waals surface area contributed by atoms with Crippen molar-refractivity contribution in [2.75, 3.05) is 6.61 Å². The van der Waals surface area contributed by atoms with Gasteiger partial charge in [-0.05, 0) is 13.8 Å². The molecule has 1 saturated heterocycles. The van der Waals surface area contributed by atoms with Crippen molar-refractivity contribution in [3.05, 3.63) is 32.6 Å². The van der Waals surface area contributed by atoms with Gasteiger partial charge in [0.2, 0.25) is 0 Å². The van der Waals surface area contributed by atoms with E-state index in [9.17, 15) is 19.8 Å². The van der Waals surface area contributed by atoms with E-state index in [1.54, 1.807) is 0 Å². The molecule has 8 nitrogen and oxygen atoms in total. The number of aromatic amines is 1. The first-order chi connectivity index (χ1) is 8.78.